The molecule has 1 rings (SSSR count). The Bertz CT molecular complexity index is 589. The number of nitrogens with zero attached hydrogens (tertiary/aromatic N) is 1. The maximum Gasteiger partial charge on any atom is 0.224 e. The van der Waals surface area contributed by atoms with Gasteiger partial charge in [0, 0.05) is 13.0 Å². The Labute approximate surface area is 254 Å². The van der Waals surface area contributed by atoms with Crippen LogP contribution in [0.2, 0.25) is 0 Å². The third-order valence-corrected chi connectivity index (χ3v) is 8.85. The average molecular weight is 584 g/mol. The van der Waals surface area contributed by atoms with E-state index in [0.717, 1.165) is 38.5 Å². The lowest BCUT2D eigenvalue weighted by Crippen LogP contribution is -2.60. The number of carbonyl (C=O) groups is 1. The van der Waals surface area contributed by atoms with E-state index in [1.807, 2.05) is 0 Å². The molecular formula is C35H69NO5. The van der Waals surface area contributed by atoms with Crippen molar-refractivity contribution in [3.63, 3.8) is 0 Å². The maximum atomic E-state index is 13.2. The zero-order valence-electron chi connectivity index (χ0n) is 27.2. The van der Waals surface area contributed by atoms with Crippen molar-refractivity contribution in [2.75, 3.05) is 13.2 Å². The highest BCUT2D eigenvalue weighted by Gasteiger charge is 2.41. The summed E-state index contributed by atoms with van der Waals surface area (Å²) in [6.07, 6.45) is 27.4. The van der Waals surface area contributed by atoms with Crippen molar-refractivity contribution < 1.29 is 24.9 Å². The lowest BCUT2D eigenvalue weighted by Gasteiger charge is -2.41. The van der Waals surface area contributed by atoms with E-state index in [0.29, 0.717) is 13.0 Å². The lowest BCUT2D eigenvalue weighted by atomic mass is 10.0. The smallest absolute Gasteiger partial charge is 0.224 e. The zero-order chi connectivity index (χ0) is 30.0. The van der Waals surface area contributed by atoms with Gasteiger partial charge in [0.05, 0.1) is 6.61 Å². The molecule has 41 heavy (non-hydrogen) atoms. The molecule has 0 aromatic rings. The number of hydrogen-bond acceptors (Lipinski definition) is 5. The third kappa shape index (κ3) is 19.3. The van der Waals surface area contributed by atoms with E-state index in [4.69, 9.17) is 4.74 Å². The summed E-state index contributed by atoms with van der Waals surface area (Å²) in [5, 5.41) is 30.6. The van der Waals surface area contributed by atoms with Crippen LogP contribution in [0.3, 0.4) is 0 Å². The molecule has 0 bridgehead atoms. The van der Waals surface area contributed by atoms with Crippen molar-refractivity contribution in [2.24, 2.45) is 0 Å². The van der Waals surface area contributed by atoms with Crippen LogP contribution in [-0.4, -0.2) is 63.8 Å². The van der Waals surface area contributed by atoms with Crippen LogP contribution in [0.4, 0.5) is 0 Å². The van der Waals surface area contributed by atoms with Gasteiger partial charge in [0.2, 0.25) is 5.91 Å². The fourth-order valence-electron chi connectivity index (χ4n) is 6.02. The highest BCUT2D eigenvalue weighted by atomic mass is 16.5. The molecule has 0 spiro atoms. The molecule has 6 heteroatoms. The van der Waals surface area contributed by atoms with Crippen LogP contribution in [0.1, 0.15) is 181 Å². The Morgan fingerprint density at radius 1 is 0.561 bits per heavy atom. The number of aliphatic hydroxyl groups excluding tert-OH is 3. The Kier molecular flexibility index (Phi) is 25.2. The van der Waals surface area contributed by atoms with E-state index < -0.39 is 24.5 Å². The highest BCUT2D eigenvalue weighted by Crippen LogP contribution is 2.22. The van der Waals surface area contributed by atoms with Gasteiger partial charge in [0.1, 0.15) is 18.3 Å². The molecule has 6 nitrogen and oxygen atoms in total. The van der Waals surface area contributed by atoms with Gasteiger partial charge in [-0.2, -0.15) is 0 Å². The molecule has 4 atom stereocenters. The zero-order valence-corrected chi connectivity index (χ0v) is 27.2. The second-order valence-corrected chi connectivity index (χ2v) is 12.7. The molecule has 0 aromatic carbocycles. The van der Waals surface area contributed by atoms with Crippen LogP contribution >= 0.6 is 0 Å². The minimum Gasteiger partial charge on any atom is -0.388 e. The van der Waals surface area contributed by atoms with Crippen molar-refractivity contribution in [2.45, 2.75) is 205 Å². The van der Waals surface area contributed by atoms with E-state index in [1.165, 1.54) is 122 Å². The first-order valence-electron chi connectivity index (χ1n) is 18.0. The fraction of sp³-hybridized carbons (Fsp3) is 0.971. The number of aliphatic hydroxyl groups is 3. The summed E-state index contributed by atoms with van der Waals surface area (Å²) in [5.41, 5.74) is 0. The second-order valence-electron chi connectivity index (χ2n) is 12.7. The quantitative estimate of drug-likeness (QED) is 0.0804. The monoisotopic (exact) mass is 584 g/mol. The normalized spacial score (nSPS) is 20.9. The Morgan fingerprint density at radius 2 is 0.927 bits per heavy atom. The van der Waals surface area contributed by atoms with Gasteiger partial charge in [-0.3, -0.25) is 4.79 Å². The first-order valence-corrected chi connectivity index (χ1v) is 18.0. The van der Waals surface area contributed by atoms with Crippen molar-refractivity contribution in [3.8, 4) is 0 Å². The summed E-state index contributed by atoms with van der Waals surface area (Å²) in [5.74, 6) is -0.0109. The van der Waals surface area contributed by atoms with Crippen LogP contribution < -0.4 is 0 Å². The van der Waals surface area contributed by atoms with Gasteiger partial charge in [0.15, 0.2) is 6.23 Å². The van der Waals surface area contributed by atoms with Crippen LogP contribution in [-0.2, 0) is 9.53 Å². The van der Waals surface area contributed by atoms with Crippen LogP contribution in [0.5, 0.6) is 0 Å². The Hall–Kier alpha value is -0.690. The first kappa shape index (κ1) is 38.3. The van der Waals surface area contributed by atoms with Crippen LogP contribution in [0.15, 0.2) is 0 Å². The number of unbranched alkanes of at least 4 members (excludes halogenated alkanes) is 23. The minimum atomic E-state index is -1.29. The van der Waals surface area contributed by atoms with E-state index in [1.54, 1.807) is 4.90 Å². The number of hydrogen-bond donors (Lipinski definition) is 3. The predicted molar refractivity (Wildman–Crippen MR) is 171 cm³/mol. The molecule has 1 saturated heterocycles. The highest BCUT2D eigenvalue weighted by molar-refractivity contribution is 5.76. The first-order chi connectivity index (χ1) is 20.0. The summed E-state index contributed by atoms with van der Waals surface area (Å²) in [6, 6.07) is 0. The summed E-state index contributed by atoms with van der Waals surface area (Å²) in [6.45, 7) is 4.98. The molecule has 1 heterocycles. The van der Waals surface area contributed by atoms with Gasteiger partial charge < -0.3 is 25.0 Å². The number of carbonyl (C=O) groups excluding carboxylic acids is 1. The SMILES string of the molecule is CCCCCCCCCCCCCCCCCC(=O)N(CCCCCCCCCCCC)[C@H]1OC[C@@H](O)[C@@H](O)[C@@H]1O. The molecule has 1 amide bonds. The number of rotatable bonds is 28. The molecule has 1 aliphatic rings. The summed E-state index contributed by atoms with van der Waals surface area (Å²) in [4.78, 5) is 14.8. The fourth-order valence-corrected chi connectivity index (χ4v) is 6.02. The third-order valence-electron chi connectivity index (χ3n) is 8.85. The lowest BCUT2D eigenvalue weighted by molar-refractivity contribution is -0.228. The van der Waals surface area contributed by atoms with Gasteiger partial charge in [-0.05, 0) is 12.8 Å². The van der Waals surface area contributed by atoms with Gasteiger partial charge in [-0.1, -0.05) is 162 Å². The van der Waals surface area contributed by atoms with Gasteiger partial charge >= 0.3 is 0 Å². The molecule has 0 radical (unpaired) electrons. The van der Waals surface area contributed by atoms with Gasteiger partial charge in [0.25, 0.3) is 0 Å². The van der Waals surface area contributed by atoms with Crippen LogP contribution in [0, 0.1) is 0 Å². The number of ether oxygens (including phenoxy) is 1. The average Bonchev–Trinajstić information content (AvgIpc) is 2.97. The summed E-state index contributed by atoms with van der Waals surface area (Å²) in [7, 11) is 0. The predicted octanol–water partition coefficient (Wildman–Crippen LogP) is 8.44. The molecule has 3 N–H and O–H groups in total. The van der Waals surface area contributed by atoms with E-state index in [9.17, 15) is 20.1 Å². The Morgan fingerprint density at radius 3 is 1.34 bits per heavy atom. The van der Waals surface area contributed by atoms with Gasteiger partial charge in [-0.15, -0.1) is 0 Å². The molecular weight excluding hydrogens is 514 g/mol. The molecule has 0 aromatic heterocycles. The molecule has 1 fully saturated rings. The maximum absolute atomic E-state index is 13.2. The summed E-state index contributed by atoms with van der Waals surface area (Å²) >= 11 is 0. The topological polar surface area (TPSA) is 90.2 Å². The molecule has 0 aliphatic carbocycles. The minimum absolute atomic E-state index is 0.0109. The Balaban J connectivity index is 2.22. The molecule has 0 unspecified atom stereocenters. The largest absolute Gasteiger partial charge is 0.388 e. The standard InChI is InChI=1S/C35H69NO5/c1-3-5-7-9-11-13-15-16-17-18-19-20-22-24-26-28-32(38)36(35-34(40)33(39)31(37)30-41-35)29-27-25-23-21-14-12-10-8-6-4-2/h31,33-35,37,39-40H,3-30H2,1-2H3/t31-,33-,34+,35+/m1/s1. The number of amides is 1. The molecule has 244 valence electrons. The van der Waals surface area contributed by atoms with Crippen molar-refractivity contribution >= 4 is 5.91 Å². The van der Waals surface area contributed by atoms with E-state index >= 15 is 0 Å². The van der Waals surface area contributed by atoms with E-state index in [2.05, 4.69) is 13.8 Å². The van der Waals surface area contributed by atoms with Gasteiger partial charge in [-0.25, -0.2) is 0 Å². The van der Waals surface area contributed by atoms with Crippen molar-refractivity contribution in [1.29, 1.82) is 0 Å². The van der Waals surface area contributed by atoms with E-state index in [-0.39, 0.29) is 12.5 Å². The van der Waals surface area contributed by atoms with Crippen LogP contribution in [0.25, 0.3) is 0 Å². The summed E-state index contributed by atoms with van der Waals surface area (Å²) < 4.78 is 5.67. The molecule has 1 aliphatic heterocycles. The second kappa shape index (κ2) is 26.9. The molecule has 0 saturated carbocycles. The van der Waals surface area contributed by atoms with Crippen molar-refractivity contribution in [3.05, 3.63) is 0 Å². The van der Waals surface area contributed by atoms with Crippen molar-refractivity contribution in [1.82, 2.24) is 4.90 Å².